The Hall–Kier alpha value is -4.71. The van der Waals surface area contributed by atoms with Crippen molar-refractivity contribution in [3.63, 3.8) is 0 Å². The Morgan fingerprint density at radius 1 is 1.06 bits per heavy atom. The fourth-order valence-electron chi connectivity index (χ4n) is 5.98. The van der Waals surface area contributed by atoms with Crippen molar-refractivity contribution in [3.8, 4) is 5.75 Å². The number of aryl methyl sites for hydroxylation is 2. The van der Waals surface area contributed by atoms with E-state index in [-0.39, 0.29) is 47.4 Å². The molecule has 4 aromatic rings. The highest BCUT2D eigenvalue weighted by Crippen LogP contribution is 2.40. The Kier molecular flexibility index (Phi) is 9.90. The van der Waals surface area contributed by atoms with Crippen LogP contribution >= 0.6 is 0 Å². The van der Waals surface area contributed by atoms with E-state index in [1.807, 2.05) is 0 Å². The van der Waals surface area contributed by atoms with Crippen molar-refractivity contribution < 1.29 is 53.5 Å². The number of fused-ring (bicyclic) bond motifs is 1. The zero-order valence-electron chi connectivity index (χ0n) is 26.6. The number of anilines is 2. The topological polar surface area (TPSA) is 114 Å². The van der Waals surface area contributed by atoms with Crippen LogP contribution in [0.1, 0.15) is 29.3 Å². The first-order chi connectivity index (χ1) is 23.3. The van der Waals surface area contributed by atoms with Crippen LogP contribution < -0.4 is 14.4 Å². The maximum Gasteiger partial charge on any atom is 0.416 e. The lowest BCUT2D eigenvalue weighted by molar-refractivity contribution is -0.152. The number of alkyl halides is 6. The van der Waals surface area contributed by atoms with Gasteiger partial charge in [0.2, 0.25) is 5.91 Å². The van der Waals surface area contributed by atoms with Crippen LogP contribution in [0.15, 0.2) is 59.5 Å². The number of amides is 1. The van der Waals surface area contributed by atoms with E-state index in [0.29, 0.717) is 29.0 Å². The summed E-state index contributed by atoms with van der Waals surface area (Å²) in [5.41, 5.74) is -0.515. The van der Waals surface area contributed by atoms with Crippen molar-refractivity contribution in [1.29, 1.82) is 0 Å². The van der Waals surface area contributed by atoms with E-state index in [0.717, 1.165) is 9.21 Å². The van der Waals surface area contributed by atoms with E-state index in [2.05, 4.69) is 10.3 Å². The van der Waals surface area contributed by atoms with Crippen LogP contribution in [0.4, 0.5) is 42.1 Å². The van der Waals surface area contributed by atoms with Gasteiger partial charge in [-0.15, -0.1) is 0 Å². The number of likely N-dealkylation sites (tertiary alicyclic amines) is 1. The van der Waals surface area contributed by atoms with E-state index in [9.17, 15) is 48.7 Å². The van der Waals surface area contributed by atoms with Crippen molar-refractivity contribution in [3.05, 3.63) is 77.4 Å². The Balaban J connectivity index is 1.44. The molecule has 2 atom stereocenters. The van der Waals surface area contributed by atoms with Gasteiger partial charge in [0.1, 0.15) is 17.4 Å². The molecule has 0 aliphatic carbocycles. The van der Waals surface area contributed by atoms with E-state index >= 15 is 0 Å². The Bertz CT molecular complexity index is 2050. The van der Waals surface area contributed by atoms with Gasteiger partial charge in [-0.05, 0) is 61.4 Å². The maximum absolute atomic E-state index is 14.5. The number of carbonyl (C=O) groups excluding carboxylic acids is 2. The van der Waals surface area contributed by atoms with Gasteiger partial charge in [-0.3, -0.25) is 18.8 Å². The van der Waals surface area contributed by atoms with Crippen LogP contribution in [0.2, 0.25) is 0 Å². The van der Waals surface area contributed by atoms with Crippen molar-refractivity contribution in [2.45, 2.75) is 36.5 Å². The van der Waals surface area contributed by atoms with Crippen LogP contribution in [-0.4, -0.2) is 68.1 Å². The fourth-order valence-corrected chi connectivity index (χ4v) is 7.19. The Morgan fingerprint density at radius 3 is 2.42 bits per heavy atom. The van der Waals surface area contributed by atoms with E-state index in [1.54, 1.807) is 24.6 Å². The number of piperidine rings is 1. The number of benzene rings is 3. The SMILES string of the molecule is Cc1nc2cc(S(=O)(=O)N(C)c3ccc([C@@H]4C[C@H](C(=O)Nc5ccc(C(F)(F)F)cc5F)CN(CC(F)(F)F)C4)c(OC=O)c3)ccc2n1C. The lowest BCUT2D eigenvalue weighted by Gasteiger charge is -2.38. The molecule has 1 aromatic heterocycles. The van der Waals surface area contributed by atoms with Gasteiger partial charge in [-0.1, -0.05) is 6.07 Å². The molecule has 50 heavy (non-hydrogen) atoms. The summed E-state index contributed by atoms with van der Waals surface area (Å²) in [4.78, 5) is 30.0. The van der Waals surface area contributed by atoms with Crippen molar-refractivity contribution in [1.82, 2.24) is 14.5 Å². The number of imidazole rings is 1. The third-order valence-electron chi connectivity index (χ3n) is 8.56. The molecule has 268 valence electrons. The summed E-state index contributed by atoms with van der Waals surface area (Å²) in [6, 6.07) is 9.83. The average molecular weight is 730 g/mol. The zero-order chi connectivity index (χ0) is 36.8. The summed E-state index contributed by atoms with van der Waals surface area (Å²) in [5.74, 6) is -3.95. The number of halogens is 7. The van der Waals surface area contributed by atoms with Crippen molar-refractivity contribution >= 4 is 44.8 Å². The molecule has 0 bridgehead atoms. The molecule has 1 amide bonds. The number of carbonyl (C=O) groups is 2. The molecule has 1 N–H and O–H groups in total. The summed E-state index contributed by atoms with van der Waals surface area (Å²) >= 11 is 0. The van der Waals surface area contributed by atoms with Gasteiger partial charge in [-0.2, -0.15) is 26.3 Å². The maximum atomic E-state index is 14.5. The highest BCUT2D eigenvalue weighted by atomic mass is 32.2. The van der Waals surface area contributed by atoms with Gasteiger partial charge < -0.3 is 14.6 Å². The molecular formula is C32H30F7N5O5S. The van der Waals surface area contributed by atoms with Gasteiger partial charge in [0, 0.05) is 39.2 Å². The van der Waals surface area contributed by atoms with Gasteiger partial charge >= 0.3 is 12.4 Å². The number of hydrogen-bond acceptors (Lipinski definition) is 7. The van der Waals surface area contributed by atoms with Crippen LogP contribution in [0.5, 0.6) is 5.75 Å². The minimum absolute atomic E-state index is 0.0397. The summed E-state index contributed by atoms with van der Waals surface area (Å²) < 4.78 is 129. The van der Waals surface area contributed by atoms with Gasteiger partial charge in [-0.25, -0.2) is 17.8 Å². The number of sulfonamides is 1. The quantitative estimate of drug-likeness (QED) is 0.166. The van der Waals surface area contributed by atoms with Gasteiger partial charge in [0.15, 0.2) is 0 Å². The van der Waals surface area contributed by atoms with Crippen LogP contribution in [-0.2, 0) is 32.8 Å². The predicted octanol–water partition coefficient (Wildman–Crippen LogP) is 6.01. The summed E-state index contributed by atoms with van der Waals surface area (Å²) in [6.07, 6.45) is -9.65. The molecule has 1 aliphatic rings. The first kappa shape index (κ1) is 36.6. The molecule has 1 saturated heterocycles. The molecule has 5 rings (SSSR count). The summed E-state index contributed by atoms with van der Waals surface area (Å²) in [6.45, 7) is -0.288. The standard InChI is InChI=1S/C32H30F7N5O5S/c1-18-40-27-13-23(6-9-28(27)42(18)2)50(47,48)43(3)22-5-7-24(29(12-22)49-17-45)19-10-20(15-44(14-19)16-31(34,35)36)30(46)41-26-8-4-21(11-25(26)33)32(37,38)39/h4-9,11-13,17,19-20H,10,14-16H2,1-3H3,(H,41,46)/t19-,20+/m1/s1. The van der Waals surface area contributed by atoms with Crippen LogP contribution in [0.25, 0.3) is 11.0 Å². The fraction of sp³-hybridized carbons (Fsp3) is 0.344. The number of hydrogen-bond donors (Lipinski definition) is 1. The first-order valence-electron chi connectivity index (χ1n) is 14.9. The summed E-state index contributed by atoms with van der Waals surface area (Å²) in [7, 11) is -1.15. The van der Waals surface area contributed by atoms with Crippen LogP contribution in [0.3, 0.4) is 0 Å². The number of rotatable bonds is 9. The monoisotopic (exact) mass is 729 g/mol. The number of aromatic nitrogens is 2. The predicted molar refractivity (Wildman–Crippen MR) is 168 cm³/mol. The zero-order valence-corrected chi connectivity index (χ0v) is 27.5. The molecule has 10 nitrogen and oxygen atoms in total. The molecule has 0 unspecified atom stereocenters. The average Bonchev–Trinajstić information content (AvgIpc) is 3.32. The van der Waals surface area contributed by atoms with Gasteiger partial charge in [0.25, 0.3) is 16.5 Å². The summed E-state index contributed by atoms with van der Waals surface area (Å²) in [5, 5.41) is 2.17. The lowest BCUT2D eigenvalue weighted by Crippen LogP contribution is -2.47. The number of nitrogens with one attached hydrogen (secondary N) is 1. The van der Waals surface area contributed by atoms with E-state index < -0.39 is 70.3 Å². The van der Waals surface area contributed by atoms with E-state index in [1.165, 1.54) is 37.4 Å². The molecule has 0 radical (unpaired) electrons. The van der Waals surface area contributed by atoms with E-state index in [4.69, 9.17) is 4.74 Å². The highest BCUT2D eigenvalue weighted by molar-refractivity contribution is 7.92. The normalized spacial score (nSPS) is 17.5. The Labute approximate surface area is 281 Å². The molecule has 1 fully saturated rings. The highest BCUT2D eigenvalue weighted by Gasteiger charge is 2.39. The second kappa shape index (κ2) is 13.5. The second-order valence-electron chi connectivity index (χ2n) is 11.9. The smallest absolute Gasteiger partial charge is 0.416 e. The van der Waals surface area contributed by atoms with Crippen molar-refractivity contribution in [2.24, 2.45) is 13.0 Å². The third-order valence-corrected chi connectivity index (χ3v) is 10.3. The van der Waals surface area contributed by atoms with Crippen molar-refractivity contribution in [2.75, 3.05) is 36.3 Å². The largest absolute Gasteiger partial charge is 0.428 e. The minimum atomic E-state index is -4.85. The molecule has 1 aliphatic heterocycles. The molecular weight excluding hydrogens is 699 g/mol. The second-order valence-corrected chi connectivity index (χ2v) is 13.9. The number of ether oxygens (including phenoxy) is 1. The lowest BCUT2D eigenvalue weighted by atomic mass is 9.83. The number of nitrogens with zero attached hydrogens (tertiary/aromatic N) is 4. The molecule has 18 heteroatoms. The Morgan fingerprint density at radius 2 is 1.78 bits per heavy atom. The van der Waals surface area contributed by atoms with Crippen LogP contribution in [0, 0.1) is 18.7 Å². The third kappa shape index (κ3) is 7.70. The molecule has 0 spiro atoms. The molecule has 2 heterocycles. The first-order valence-corrected chi connectivity index (χ1v) is 16.4. The molecule has 3 aromatic carbocycles. The van der Waals surface area contributed by atoms with Gasteiger partial charge in [0.05, 0.1) is 45.3 Å². The minimum Gasteiger partial charge on any atom is -0.428 e. The molecule has 0 saturated carbocycles.